The van der Waals surface area contributed by atoms with Gasteiger partial charge in [0.1, 0.15) is 19.3 Å². The van der Waals surface area contributed by atoms with Gasteiger partial charge in [-0.25, -0.2) is 4.57 Å². The van der Waals surface area contributed by atoms with Gasteiger partial charge in [-0.1, -0.05) is 289 Å². The molecule has 0 rings (SSSR count). The minimum Gasteiger partial charge on any atom is -0.456 e. The first-order chi connectivity index (χ1) is 37.4. The topological polar surface area (TPSA) is 111 Å². The summed E-state index contributed by atoms with van der Waals surface area (Å²) in [5.74, 6) is -0.499. The van der Waals surface area contributed by atoms with Crippen LogP contribution in [0.4, 0.5) is 0 Å². The summed E-state index contributed by atoms with van der Waals surface area (Å²) in [5.41, 5.74) is 0. The SMILES string of the molecule is CCCCC/C=C\C/C=C\CCCCCCCCCC(=O)OC(/C=C/CCCCCCCCCCC)C(COP(=O)(O)OCC[N+](C)(C)C)NC(=O)CCCCCCCCCCCCCCCCCCCCCCCCC. The minimum absolute atomic E-state index is 0.0413. The fraction of sp³-hybridized carbons (Fsp3) is 0.881. The first-order valence-corrected chi connectivity index (χ1v) is 34.8. The Morgan fingerprint density at radius 2 is 0.792 bits per heavy atom. The summed E-state index contributed by atoms with van der Waals surface area (Å²) in [4.78, 5) is 37.8. The van der Waals surface area contributed by atoms with E-state index in [1.54, 1.807) is 0 Å². The lowest BCUT2D eigenvalue weighted by Gasteiger charge is -2.27. The number of nitrogens with one attached hydrogen (secondary N) is 1. The van der Waals surface area contributed by atoms with E-state index in [0.717, 1.165) is 77.0 Å². The molecule has 0 bridgehead atoms. The van der Waals surface area contributed by atoms with Crippen LogP contribution in [-0.2, 0) is 27.9 Å². The van der Waals surface area contributed by atoms with Crippen molar-refractivity contribution in [2.75, 3.05) is 40.9 Å². The van der Waals surface area contributed by atoms with E-state index in [0.29, 0.717) is 17.4 Å². The van der Waals surface area contributed by atoms with Gasteiger partial charge in [-0.2, -0.15) is 0 Å². The molecule has 0 aliphatic carbocycles. The predicted molar refractivity (Wildman–Crippen MR) is 332 cm³/mol. The Morgan fingerprint density at radius 1 is 0.455 bits per heavy atom. The third kappa shape index (κ3) is 58.7. The van der Waals surface area contributed by atoms with E-state index < -0.39 is 20.0 Å². The molecule has 0 fully saturated rings. The Hall–Kier alpha value is -1.77. The molecule has 0 aliphatic rings. The average Bonchev–Trinajstić information content (AvgIpc) is 3.39. The Bertz CT molecular complexity index is 1410. The molecule has 0 aromatic heterocycles. The molecule has 0 saturated carbocycles. The molecule has 454 valence electrons. The van der Waals surface area contributed by atoms with Crippen molar-refractivity contribution >= 4 is 19.7 Å². The van der Waals surface area contributed by atoms with Crippen molar-refractivity contribution in [3.8, 4) is 0 Å². The van der Waals surface area contributed by atoms with Crippen molar-refractivity contribution in [2.24, 2.45) is 0 Å². The van der Waals surface area contributed by atoms with Crippen molar-refractivity contribution in [1.29, 1.82) is 0 Å². The summed E-state index contributed by atoms with van der Waals surface area (Å²) in [5, 5.41) is 3.07. The summed E-state index contributed by atoms with van der Waals surface area (Å²) in [6.07, 6.45) is 70.1. The number of likely N-dealkylation sites (N-methyl/N-ethyl adjacent to an activating group) is 1. The van der Waals surface area contributed by atoms with Gasteiger partial charge in [0.05, 0.1) is 33.8 Å². The monoisotopic (exact) mass is 1110 g/mol. The zero-order valence-electron chi connectivity index (χ0n) is 52.0. The highest BCUT2D eigenvalue weighted by Crippen LogP contribution is 2.43. The van der Waals surface area contributed by atoms with Gasteiger partial charge in [0.15, 0.2) is 0 Å². The molecule has 0 aliphatic heterocycles. The smallest absolute Gasteiger partial charge is 0.456 e. The third-order valence-electron chi connectivity index (χ3n) is 15.1. The molecule has 0 spiro atoms. The van der Waals surface area contributed by atoms with Crippen molar-refractivity contribution in [2.45, 2.75) is 341 Å². The van der Waals surface area contributed by atoms with Gasteiger partial charge in [-0.3, -0.25) is 18.6 Å². The van der Waals surface area contributed by atoms with E-state index in [1.807, 2.05) is 33.3 Å². The van der Waals surface area contributed by atoms with Crippen LogP contribution in [0.1, 0.15) is 329 Å². The number of esters is 1. The number of rotatable bonds is 61. The van der Waals surface area contributed by atoms with Crippen LogP contribution in [-0.4, -0.2) is 74.3 Å². The van der Waals surface area contributed by atoms with Crippen LogP contribution in [0.25, 0.3) is 0 Å². The highest BCUT2D eigenvalue weighted by molar-refractivity contribution is 7.47. The van der Waals surface area contributed by atoms with Crippen LogP contribution in [0.2, 0.25) is 0 Å². The number of ether oxygens (including phenoxy) is 1. The number of phosphoric ester groups is 1. The van der Waals surface area contributed by atoms with Gasteiger partial charge in [0.25, 0.3) is 0 Å². The van der Waals surface area contributed by atoms with Crippen molar-refractivity contribution in [3.63, 3.8) is 0 Å². The Labute approximate surface area is 478 Å². The van der Waals surface area contributed by atoms with E-state index >= 15 is 0 Å². The first-order valence-electron chi connectivity index (χ1n) is 33.3. The number of nitrogens with zero attached hydrogens (tertiary/aromatic N) is 1. The van der Waals surface area contributed by atoms with Crippen LogP contribution < -0.4 is 5.32 Å². The van der Waals surface area contributed by atoms with Gasteiger partial charge in [0, 0.05) is 12.8 Å². The lowest BCUT2D eigenvalue weighted by Crippen LogP contribution is -2.47. The quantitative estimate of drug-likeness (QED) is 0.0205. The maximum atomic E-state index is 13.6. The van der Waals surface area contributed by atoms with E-state index in [-0.39, 0.29) is 31.5 Å². The number of phosphoric acid groups is 1. The van der Waals surface area contributed by atoms with Gasteiger partial charge in [-0.05, 0) is 63.9 Å². The van der Waals surface area contributed by atoms with Gasteiger partial charge < -0.3 is 19.4 Å². The number of carbonyl (C=O) groups is 2. The Morgan fingerprint density at radius 3 is 1.19 bits per heavy atom. The van der Waals surface area contributed by atoms with Crippen molar-refractivity contribution < 1.29 is 37.3 Å². The number of carbonyl (C=O) groups excluding carboxylic acids is 2. The number of quaternary nitrogens is 1. The van der Waals surface area contributed by atoms with Gasteiger partial charge >= 0.3 is 13.8 Å². The molecule has 9 nitrogen and oxygen atoms in total. The van der Waals surface area contributed by atoms with Crippen molar-refractivity contribution in [1.82, 2.24) is 5.32 Å². The summed E-state index contributed by atoms with van der Waals surface area (Å²) in [7, 11) is 1.50. The second-order valence-electron chi connectivity index (χ2n) is 24.0. The molecular formula is C67H130N2O7P+. The molecule has 2 N–H and O–H groups in total. The van der Waals surface area contributed by atoms with Crippen LogP contribution in [0, 0.1) is 0 Å². The Balaban J connectivity index is 5.07. The number of allylic oxidation sites excluding steroid dienone is 5. The van der Waals surface area contributed by atoms with Crippen LogP contribution in [0.15, 0.2) is 36.5 Å². The molecule has 0 aromatic carbocycles. The van der Waals surface area contributed by atoms with E-state index in [1.165, 1.54) is 218 Å². The molecule has 0 heterocycles. The lowest BCUT2D eigenvalue weighted by atomic mass is 10.0. The molecule has 0 radical (unpaired) electrons. The molecule has 1 amide bonds. The number of hydrogen-bond donors (Lipinski definition) is 2. The standard InChI is InChI=1S/C67H129N2O7P/c1-7-10-13-16-19-22-25-27-29-31-32-33-34-35-36-38-39-41-44-47-50-53-56-59-66(70)68-64(63-75-77(72,73)74-62-61-69(4,5)6)65(58-55-52-49-46-43-24-21-18-15-12-9-3)76-67(71)60-57-54-51-48-45-42-40-37-30-28-26-23-20-17-14-11-8-2/h20,23,28,30,55,58,64-65H,7-19,21-22,24-27,29,31-54,56-57,59-63H2,1-6H3,(H-,68,70,72,73)/p+1/b23-20-,30-28-,58-55+. The van der Waals surface area contributed by atoms with Crippen LogP contribution in [0.5, 0.6) is 0 Å². The summed E-state index contributed by atoms with van der Waals surface area (Å²) < 4.78 is 30.7. The van der Waals surface area contributed by atoms with E-state index in [2.05, 4.69) is 50.4 Å². The number of hydrogen-bond acceptors (Lipinski definition) is 6. The summed E-state index contributed by atoms with van der Waals surface area (Å²) in [6, 6.07) is -0.848. The zero-order chi connectivity index (χ0) is 56.4. The molecule has 3 atom stereocenters. The second kappa shape index (κ2) is 57.5. The zero-order valence-corrected chi connectivity index (χ0v) is 52.9. The molecule has 10 heteroatoms. The fourth-order valence-corrected chi connectivity index (χ4v) is 10.7. The molecule has 77 heavy (non-hydrogen) atoms. The maximum Gasteiger partial charge on any atom is 0.472 e. The van der Waals surface area contributed by atoms with Gasteiger partial charge in [0.2, 0.25) is 5.91 Å². The molecule has 0 aromatic rings. The molecule has 0 saturated heterocycles. The highest BCUT2D eigenvalue weighted by atomic mass is 31.2. The summed E-state index contributed by atoms with van der Waals surface area (Å²) in [6.45, 7) is 7.02. The summed E-state index contributed by atoms with van der Waals surface area (Å²) >= 11 is 0. The predicted octanol–water partition coefficient (Wildman–Crippen LogP) is 20.7. The van der Waals surface area contributed by atoms with Crippen LogP contribution >= 0.6 is 7.82 Å². The largest absolute Gasteiger partial charge is 0.472 e. The normalized spacial score (nSPS) is 13.8. The third-order valence-corrected chi connectivity index (χ3v) is 16.1. The molecular weight excluding hydrogens is 976 g/mol. The van der Waals surface area contributed by atoms with Crippen LogP contribution in [0.3, 0.4) is 0 Å². The number of unbranched alkanes of at least 4 members (excludes halogenated alkanes) is 41. The van der Waals surface area contributed by atoms with E-state index in [9.17, 15) is 19.0 Å². The second-order valence-corrected chi connectivity index (χ2v) is 25.5. The minimum atomic E-state index is -4.45. The lowest BCUT2D eigenvalue weighted by molar-refractivity contribution is -0.870. The first kappa shape index (κ1) is 75.2. The highest BCUT2D eigenvalue weighted by Gasteiger charge is 2.30. The Kier molecular flexibility index (Phi) is 56.1. The average molecular weight is 1110 g/mol. The number of amides is 1. The van der Waals surface area contributed by atoms with E-state index in [4.69, 9.17) is 13.8 Å². The fourth-order valence-electron chi connectivity index (χ4n) is 9.91. The van der Waals surface area contributed by atoms with Crippen molar-refractivity contribution in [3.05, 3.63) is 36.5 Å². The van der Waals surface area contributed by atoms with Gasteiger partial charge in [-0.15, -0.1) is 0 Å². The maximum absolute atomic E-state index is 13.6. The molecule has 3 unspecified atom stereocenters.